The quantitative estimate of drug-likeness (QED) is 0.779. The van der Waals surface area contributed by atoms with Crippen molar-refractivity contribution in [3.8, 4) is 0 Å². The molecule has 0 bridgehead atoms. The topological polar surface area (TPSA) is 71.5 Å². The third-order valence-electron chi connectivity index (χ3n) is 3.71. The Morgan fingerprint density at radius 2 is 2.00 bits per heavy atom. The summed E-state index contributed by atoms with van der Waals surface area (Å²) in [5.41, 5.74) is -1.89. The van der Waals surface area contributed by atoms with Gasteiger partial charge in [0.1, 0.15) is 23.0 Å². The summed E-state index contributed by atoms with van der Waals surface area (Å²) in [5, 5.41) is 9.34. The minimum atomic E-state index is -0.741. The van der Waals surface area contributed by atoms with E-state index in [0.717, 1.165) is 0 Å². The molecule has 1 N–H and O–H groups in total. The molecule has 6 nitrogen and oxygen atoms in total. The second-order valence-corrected chi connectivity index (χ2v) is 7.18. The lowest BCUT2D eigenvalue weighted by Gasteiger charge is -2.34. The van der Waals surface area contributed by atoms with Crippen LogP contribution >= 0.6 is 0 Å². The van der Waals surface area contributed by atoms with Crippen molar-refractivity contribution in [2.75, 3.05) is 13.2 Å². The lowest BCUT2D eigenvalue weighted by molar-refractivity contribution is -0.0632. The molecule has 2 aliphatic heterocycles. The van der Waals surface area contributed by atoms with Crippen molar-refractivity contribution in [3.05, 3.63) is 0 Å². The lowest BCUT2D eigenvalue weighted by atomic mass is 10.0. The molecule has 0 saturated carbocycles. The molecule has 2 heterocycles. The van der Waals surface area contributed by atoms with Gasteiger partial charge in [-0.25, -0.2) is 4.79 Å². The molecule has 0 aromatic rings. The van der Waals surface area contributed by atoms with Crippen molar-refractivity contribution in [2.45, 2.75) is 70.6 Å². The molecule has 2 aliphatic rings. The number of hydrogen-bond acceptors (Lipinski definition) is 5. The fourth-order valence-electron chi connectivity index (χ4n) is 2.59. The smallest absolute Gasteiger partial charge is 0.412 e. The Balaban J connectivity index is 2.15. The van der Waals surface area contributed by atoms with E-state index in [2.05, 4.69) is 0 Å². The van der Waals surface area contributed by atoms with Crippen LogP contribution in [0.3, 0.4) is 0 Å². The van der Waals surface area contributed by atoms with Crippen LogP contribution in [-0.4, -0.2) is 58.4 Å². The fraction of sp³-hybridized carbons (Fsp3) is 0.929. The normalized spacial score (nSPS) is 36.0. The molecule has 2 saturated heterocycles. The molecule has 0 aromatic carbocycles. The maximum atomic E-state index is 12.4. The van der Waals surface area contributed by atoms with Gasteiger partial charge < -0.3 is 19.3 Å². The Morgan fingerprint density at radius 1 is 1.40 bits per heavy atom. The van der Waals surface area contributed by atoms with Gasteiger partial charge in [-0.15, -0.1) is 0 Å². The summed E-state index contributed by atoms with van der Waals surface area (Å²) in [5.74, 6) is 0. The highest BCUT2D eigenvalue weighted by molar-refractivity contribution is 5.70. The number of aliphatic hydroxyl groups excluding tert-OH is 1. The molecule has 2 fully saturated rings. The highest BCUT2D eigenvalue weighted by Gasteiger charge is 2.62. The van der Waals surface area contributed by atoms with Crippen LogP contribution in [0.15, 0.2) is 0 Å². The summed E-state index contributed by atoms with van der Waals surface area (Å²) >= 11 is 0. The first kappa shape index (κ1) is 15.5. The minimum Gasteiger partial charge on any atom is -0.444 e. The monoisotopic (exact) mass is 287 g/mol. The Labute approximate surface area is 120 Å². The fourth-order valence-corrected chi connectivity index (χ4v) is 2.59. The molecule has 116 valence electrons. The summed E-state index contributed by atoms with van der Waals surface area (Å²) in [7, 11) is 0. The summed E-state index contributed by atoms with van der Waals surface area (Å²) in [6.07, 6.45) is -0.636. The summed E-state index contributed by atoms with van der Waals surface area (Å²) < 4.78 is 16.7. The highest BCUT2D eigenvalue weighted by Crippen LogP contribution is 2.44. The SMILES string of the molecule is CC(C)(C)OC(=O)N1[C@H]([C@H]2O[C@@]2(C)CO)COC1(C)C. The summed E-state index contributed by atoms with van der Waals surface area (Å²) in [6, 6.07) is -0.239. The van der Waals surface area contributed by atoms with Gasteiger partial charge in [0.25, 0.3) is 0 Å². The van der Waals surface area contributed by atoms with E-state index in [4.69, 9.17) is 14.2 Å². The van der Waals surface area contributed by atoms with Crippen molar-refractivity contribution in [2.24, 2.45) is 0 Å². The first-order valence-electron chi connectivity index (χ1n) is 6.95. The van der Waals surface area contributed by atoms with E-state index in [0.29, 0.717) is 6.61 Å². The largest absolute Gasteiger partial charge is 0.444 e. The van der Waals surface area contributed by atoms with Crippen molar-refractivity contribution in [3.63, 3.8) is 0 Å². The second kappa shape index (κ2) is 4.58. The van der Waals surface area contributed by atoms with Crippen LogP contribution in [0.4, 0.5) is 4.79 Å². The van der Waals surface area contributed by atoms with Crippen LogP contribution in [0.25, 0.3) is 0 Å². The molecule has 0 unspecified atom stereocenters. The van der Waals surface area contributed by atoms with E-state index >= 15 is 0 Å². The zero-order valence-corrected chi connectivity index (χ0v) is 13.1. The van der Waals surface area contributed by atoms with Crippen LogP contribution < -0.4 is 0 Å². The molecular formula is C14H25NO5. The Morgan fingerprint density at radius 3 is 2.45 bits per heavy atom. The molecule has 0 radical (unpaired) electrons. The Kier molecular flexibility index (Phi) is 3.56. The van der Waals surface area contributed by atoms with Gasteiger partial charge in [-0.2, -0.15) is 0 Å². The number of amides is 1. The van der Waals surface area contributed by atoms with Gasteiger partial charge in [0, 0.05) is 0 Å². The predicted molar refractivity (Wildman–Crippen MR) is 72.3 cm³/mol. The molecule has 1 amide bonds. The van der Waals surface area contributed by atoms with E-state index in [9.17, 15) is 9.90 Å². The zero-order valence-electron chi connectivity index (χ0n) is 13.1. The van der Waals surface area contributed by atoms with E-state index in [1.165, 1.54) is 0 Å². The number of hydrogen-bond donors (Lipinski definition) is 1. The van der Waals surface area contributed by atoms with Crippen LogP contribution in [0.1, 0.15) is 41.5 Å². The van der Waals surface area contributed by atoms with Crippen molar-refractivity contribution in [1.82, 2.24) is 4.90 Å². The molecule has 3 atom stereocenters. The Bertz CT molecular complexity index is 403. The third-order valence-corrected chi connectivity index (χ3v) is 3.71. The number of aliphatic hydroxyl groups is 1. The van der Waals surface area contributed by atoms with E-state index < -0.39 is 23.0 Å². The average molecular weight is 287 g/mol. The number of rotatable bonds is 2. The minimum absolute atomic E-state index is 0.0727. The van der Waals surface area contributed by atoms with Gasteiger partial charge >= 0.3 is 6.09 Å². The van der Waals surface area contributed by atoms with Gasteiger partial charge in [-0.05, 0) is 41.5 Å². The van der Waals surface area contributed by atoms with Gasteiger partial charge in [0.05, 0.1) is 19.3 Å². The Hall–Kier alpha value is -0.850. The number of ether oxygens (including phenoxy) is 3. The summed E-state index contributed by atoms with van der Waals surface area (Å²) in [4.78, 5) is 14.0. The van der Waals surface area contributed by atoms with E-state index in [1.54, 1.807) is 4.90 Å². The van der Waals surface area contributed by atoms with Crippen LogP contribution in [0.2, 0.25) is 0 Å². The average Bonchev–Trinajstić information content (AvgIpc) is 2.83. The number of carbonyl (C=O) groups is 1. The van der Waals surface area contributed by atoms with Gasteiger partial charge in [-0.3, -0.25) is 4.90 Å². The van der Waals surface area contributed by atoms with Crippen LogP contribution in [-0.2, 0) is 14.2 Å². The first-order valence-corrected chi connectivity index (χ1v) is 6.95. The molecule has 0 aliphatic carbocycles. The molecule has 0 spiro atoms. The molecule has 2 rings (SSSR count). The van der Waals surface area contributed by atoms with Crippen LogP contribution in [0, 0.1) is 0 Å². The van der Waals surface area contributed by atoms with Crippen molar-refractivity contribution >= 4 is 6.09 Å². The predicted octanol–water partition coefficient (Wildman–Crippen LogP) is 1.51. The first-order chi connectivity index (χ1) is 9.00. The third kappa shape index (κ3) is 2.77. The molecule has 20 heavy (non-hydrogen) atoms. The molecule has 0 aromatic heterocycles. The van der Waals surface area contributed by atoms with Gasteiger partial charge in [0.2, 0.25) is 0 Å². The molecule has 6 heteroatoms. The summed E-state index contributed by atoms with van der Waals surface area (Å²) in [6.45, 7) is 11.3. The van der Waals surface area contributed by atoms with Crippen LogP contribution in [0.5, 0.6) is 0 Å². The van der Waals surface area contributed by atoms with Crippen molar-refractivity contribution < 1.29 is 24.1 Å². The number of nitrogens with zero attached hydrogens (tertiary/aromatic N) is 1. The maximum absolute atomic E-state index is 12.4. The second-order valence-electron chi connectivity index (χ2n) is 7.18. The maximum Gasteiger partial charge on any atom is 0.412 e. The highest BCUT2D eigenvalue weighted by atomic mass is 16.6. The molecular weight excluding hydrogens is 262 g/mol. The van der Waals surface area contributed by atoms with E-state index in [1.807, 2.05) is 41.5 Å². The number of carbonyl (C=O) groups excluding carboxylic acids is 1. The zero-order chi connectivity index (χ0) is 15.3. The van der Waals surface area contributed by atoms with Gasteiger partial charge in [0.15, 0.2) is 0 Å². The van der Waals surface area contributed by atoms with Crippen molar-refractivity contribution in [1.29, 1.82) is 0 Å². The van der Waals surface area contributed by atoms with E-state index in [-0.39, 0.29) is 18.8 Å². The van der Waals surface area contributed by atoms with Gasteiger partial charge in [-0.1, -0.05) is 0 Å². The number of epoxide rings is 1. The lowest BCUT2D eigenvalue weighted by Crippen LogP contribution is -2.52. The standard InChI is InChI=1S/C14H25NO5/c1-12(2,3)20-11(17)15-9(7-18-13(15,4)5)10-14(6,8-16)19-10/h9-10,16H,7-8H2,1-6H3/t9-,10+,14-/m0/s1.